The molecule has 0 saturated heterocycles. The van der Waals surface area contributed by atoms with Gasteiger partial charge in [0.2, 0.25) is 5.91 Å². The first kappa shape index (κ1) is 7.79. The summed E-state index contributed by atoms with van der Waals surface area (Å²) in [5.74, 6) is -0.492. The summed E-state index contributed by atoms with van der Waals surface area (Å²) in [7, 11) is 0. The molecule has 0 fully saturated rings. The number of rotatable bonds is 2. The van der Waals surface area contributed by atoms with Crippen molar-refractivity contribution in [3.63, 3.8) is 0 Å². The van der Waals surface area contributed by atoms with E-state index in [1.807, 2.05) is 30.3 Å². The fraction of sp³-hybridized carbons (Fsp3) is 0.111. The van der Waals surface area contributed by atoms with Gasteiger partial charge in [-0.25, -0.2) is 0 Å². The highest BCUT2D eigenvalue weighted by atomic mass is 16.1. The Labute approximate surface area is 66.2 Å². The van der Waals surface area contributed by atoms with Crippen LogP contribution in [0.2, 0.25) is 0 Å². The SMILES string of the molecule is [CH]C(=O)NCc1ccccc1. The van der Waals surface area contributed by atoms with E-state index in [4.69, 9.17) is 6.92 Å². The molecule has 0 aromatic heterocycles. The van der Waals surface area contributed by atoms with Gasteiger partial charge >= 0.3 is 0 Å². The molecule has 2 heteroatoms. The van der Waals surface area contributed by atoms with Gasteiger partial charge in [-0.1, -0.05) is 30.3 Å². The van der Waals surface area contributed by atoms with E-state index in [9.17, 15) is 4.79 Å². The molecular formula is C9H9NO. The molecule has 1 rings (SSSR count). The molecule has 1 aromatic carbocycles. The fourth-order valence-electron chi connectivity index (χ4n) is 0.785. The van der Waals surface area contributed by atoms with Gasteiger partial charge in [-0.2, -0.15) is 0 Å². The van der Waals surface area contributed by atoms with Gasteiger partial charge < -0.3 is 5.32 Å². The summed E-state index contributed by atoms with van der Waals surface area (Å²) in [6.45, 7) is 5.39. The summed E-state index contributed by atoms with van der Waals surface area (Å²) in [6.07, 6.45) is 0. The van der Waals surface area contributed by atoms with Crippen LogP contribution in [-0.4, -0.2) is 5.91 Å². The fourth-order valence-corrected chi connectivity index (χ4v) is 0.785. The molecule has 1 aromatic rings. The summed E-state index contributed by atoms with van der Waals surface area (Å²) in [6, 6.07) is 9.61. The first-order valence-electron chi connectivity index (χ1n) is 3.36. The molecule has 1 amide bonds. The number of carbonyl (C=O) groups is 1. The van der Waals surface area contributed by atoms with E-state index in [2.05, 4.69) is 5.32 Å². The molecule has 2 nitrogen and oxygen atoms in total. The van der Waals surface area contributed by atoms with E-state index in [0.29, 0.717) is 6.54 Å². The Morgan fingerprint density at radius 1 is 1.36 bits per heavy atom. The molecule has 0 aliphatic rings. The maximum atomic E-state index is 10.3. The van der Waals surface area contributed by atoms with Gasteiger partial charge in [-0.15, -0.1) is 0 Å². The van der Waals surface area contributed by atoms with Crippen LogP contribution < -0.4 is 5.32 Å². The third kappa shape index (κ3) is 2.85. The van der Waals surface area contributed by atoms with Crippen molar-refractivity contribution in [1.29, 1.82) is 0 Å². The first-order valence-corrected chi connectivity index (χ1v) is 3.36. The topological polar surface area (TPSA) is 29.1 Å². The van der Waals surface area contributed by atoms with Crippen LogP contribution in [-0.2, 0) is 11.3 Å². The van der Waals surface area contributed by atoms with Crippen LogP contribution in [0.3, 0.4) is 0 Å². The Morgan fingerprint density at radius 3 is 2.55 bits per heavy atom. The van der Waals surface area contributed by atoms with Gasteiger partial charge in [0, 0.05) is 6.54 Å². The second kappa shape index (κ2) is 3.76. The zero-order chi connectivity index (χ0) is 8.10. The highest BCUT2D eigenvalue weighted by Gasteiger charge is 1.91. The highest BCUT2D eigenvalue weighted by Crippen LogP contribution is 1.96. The van der Waals surface area contributed by atoms with Crippen molar-refractivity contribution in [2.75, 3.05) is 0 Å². The zero-order valence-corrected chi connectivity index (χ0v) is 6.08. The number of carbonyl (C=O) groups excluding carboxylic acids is 1. The molecule has 11 heavy (non-hydrogen) atoms. The lowest BCUT2D eigenvalue weighted by molar-refractivity contribution is -0.116. The standard InChI is InChI=1S/C9H9NO/c1-8(11)10-7-9-5-3-2-4-6-9/h1-6H,7H2,(H,10,11). The first-order chi connectivity index (χ1) is 5.29. The second-order valence-corrected chi connectivity index (χ2v) is 2.20. The summed E-state index contributed by atoms with van der Waals surface area (Å²) in [5.41, 5.74) is 1.05. The van der Waals surface area contributed by atoms with Crippen molar-refractivity contribution in [1.82, 2.24) is 5.32 Å². The Balaban J connectivity index is 2.45. The highest BCUT2D eigenvalue weighted by molar-refractivity contribution is 5.79. The number of hydrogen-bond acceptors (Lipinski definition) is 1. The number of benzene rings is 1. The molecule has 2 radical (unpaired) electrons. The third-order valence-corrected chi connectivity index (χ3v) is 1.31. The van der Waals surface area contributed by atoms with E-state index in [0.717, 1.165) is 5.56 Å². The maximum absolute atomic E-state index is 10.3. The molecule has 1 N–H and O–H groups in total. The number of amides is 1. The minimum Gasteiger partial charge on any atom is -0.352 e. The van der Waals surface area contributed by atoms with E-state index < -0.39 is 5.91 Å². The van der Waals surface area contributed by atoms with Crippen LogP contribution in [0.4, 0.5) is 0 Å². The molecule has 0 atom stereocenters. The number of nitrogens with one attached hydrogen (secondary N) is 1. The molecule has 0 unspecified atom stereocenters. The Morgan fingerprint density at radius 2 is 2.00 bits per heavy atom. The van der Waals surface area contributed by atoms with E-state index in [1.165, 1.54) is 0 Å². The van der Waals surface area contributed by atoms with Crippen LogP contribution in [0, 0.1) is 6.92 Å². The smallest absolute Gasteiger partial charge is 0.225 e. The molecule has 0 aliphatic heterocycles. The third-order valence-electron chi connectivity index (χ3n) is 1.31. The maximum Gasteiger partial charge on any atom is 0.225 e. The van der Waals surface area contributed by atoms with Crippen LogP contribution in [0.1, 0.15) is 5.56 Å². The summed E-state index contributed by atoms with van der Waals surface area (Å²) >= 11 is 0. The summed E-state index contributed by atoms with van der Waals surface area (Å²) in [4.78, 5) is 10.3. The van der Waals surface area contributed by atoms with Gasteiger partial charge in [0.05, 0.1) is 6.92 Å². The van der Waals surface area contributed by atoms with E-state index >= 15 is 0 Å². The molecular weight excluding hydrogens is 138 g/mol. The van der Waals surface area contributed by atoms with E-state index in [1.54, 1.807) is 0 Å². The van der Waals surface area contributed by atoms with Gasteiger partial charge in [0.1, 0.15) is 0 Å². The lowest BCUT2D eigenvalue weighted by atomic mass is 10.2. The summed E-state index contributed by atoms with van der Waals surface area (Å²) in [5, 5.41) is 2.50. The Kier molecular flexibility index (Phi) is 2.66. The molecule has 0 bridgehead atoms. The lowest BCUT2D eigenvalue weighted by Crippen LogP contribution is -2.18. The Hall–Kier alpha value is -1.31. The largest absolute Gasteiger partial charge is 0.352 e. The van der Waals surface area contributed by atoms with E-state index in [-0.39, 0.29) is 0 Å². The van der Waals surface area contributed by atoms with Crippen LogP contribution in [0.15, 0.2) is 30.3 Å². The minimum absolute atomic E-state index is 0.492. The molecule has 0 spiro atoms. The van der Waals surface area contributed by atoms with Crippen LogP contribution in [0.5, 0.6) is 0 Å². The zero-order valence-electron chi connectivity index (χ0n) is 6.08. The average molecular weight is 147 g/mol. The molecule has 0 heterocycles. The minimum atomic E-state index is -0.492. The van der Waals surface area contributed by atoms with Crippen molar-refractivity contribution in [3.8, 4) is 0 Å². The van der Waals surface area contributed by atoms with Crippen LogP contribution >= 0.6 is 0 Å². The molecule has 0 saturated carbocycles. The van der Waals surface area contributed by atoms with Crippen molar-refractivity contribution in [3.05, 3.63) is 42.8 Å². The van der Waals surface area contributed by atoms with Gasteiger partial charge in [-0.3, -0.25) is 4.79 Å². The normalized spacial score (nSPS) is 9.18. The van der Waals surface area contributed by atoms with Crippen molar-refractivity contribution in [2.24, 2.45) is 0 Å². The quantitative estimate of drug-likeness (QED) is 0.664. The van der Waals surface area contributed by atoms with Crippen LogP contribution in [0.25, 0.3) is 0 Å². The molecule has 0 aliphatic carbocycles. The van der Waals surface area contributed by atoms with Crippen molar-refractivity contribution < 1.29 is 4.79 Å². The molecule has 56 valence electrons. The predicted molar refractivity (Wildman–Crippen MR) is 42.6 cm³/mol. The number of hydrogen-bond donors (Lipinski definition) is 1. The lowest BCUT2D eigenvalue weighted by Gasteiger charge is -1.99. The van der Waals surface area contributed by atoms with Crippen molar-refractivity contribution >= 4 is 5.91 Å². The monoisotopic (exact) mass is 147 g/mol. The second-order valence-electron chi connectivity index (χ2n) is 2.20. The summed E-state index contributed by atoms with van der Waals surface area (Å²) < 4.78 is 0. The Bertz CT molecular complexity index is 231. The predicted octanol–water partition coefficient (Wildman–Crippen LogP) is 1.01. The van der Waals surface area contributed by atoms with Gasteiger partial charge in [-0.05, 0) is 5.56 Å². The van der Waals surface area contributed by atoms with Crippen molar-refractivity contribution in [2.45, 2.75) is 6.54 Å². The van der Waals surface area contributed by atoms with Gasteiger partial charge in [0.25, 0.3) is 0 Å². The van der Waals surface area contributed by atoms with Gasteiger partial charge in [0.15, 0.2) is 0 Å². The average Bonchev–Trinajstić information content (AvgIpc) is 2.03.